The Morgan fingerprint density at radius 2 is 1.79 bits per heavy atom. The molecule has 7 nitrogen and oxygen atoms in total. The third-order valence-corrected chi connectivity index (χ3v) is 3.76. The first-order valence-corrected chi connectivity index (χ1v) is 8.32. The van der Waals surface area contributed by atoms with Gasteiger partial charge in [-0.05, 0) is 25.0 Å². The summed E-state index contributed by atoms with van der Waals surface area (Å²) in [5, 5.41) is 13.2. The fourth-order valence-corrected chi connectivity index (χ4v) is 2.26. The van der Waals surface area contributed by atoms with Crippen molar-refractivity contribution >= 4 is 34.8 Å². The number of nitro groups is 1. The number of anilines is 1. The zero-order valence-corrected chi connectivity index (χ0v) is 14.6. The molecule has 0 fully saturated rings. The van der Waals surface area contributed by atoms with Crippen molar-refractivity contribution in [2.75, 3.05) is 18.4 Å². The molecule has 0 aliphatic rings. The van der Waals surface area contributed by atoms with Crippen molar-refractivity contribution in [3.63, 3.8) is 0 Å². The van der Waals surface area contributed by atoms with Gasteiger partial charge in [0.2, 0.25) is 0 Å². The van der Waals surface area contributed by atoms with Gasteiger partial charge in [-0.2, -0.15) is 0 Å². The molecular weight excluding hydrogens is 334 g/mol. The summed E-state index contributed by atoms with van der Waals surface area (Å²) in [4.78, 5) is 36.2. The molecule has 0 unspecified atom stereocenters. The van der Waals surface area contributed by atoms with E-state index in [1.54, 1.807) is 0 Å². The summed E-state index contributed by atoms with van der Waals surface area (Å²) in [5.41, 5.74) is -0.161. The van der Waals surface area contributed by atoms with E-state index in [9.17, 15) is 19.7 Å². The molecule has 0 heterocycles. The standard InChI is InChI=1S/C16H22ClN3O4/c1-3-5-9-19(10-6-4-2)16(22)15(21)18-12-7-8-13(17)14(11-12)20(23)24/h7-8,11H,3-6,9-10H2,1-2H3,(H,18,21). The number of nitrogens with one attached hydrogen (secondary N) is 1. The number of carbonyl (C=O) groups is 2. The van der Waals surface area contributed by atoms with E-state index < -0.39 is 16.7 Å². The highest BCUT2D eigenvalue weighted by Gasteiger charge is 2.22. The van der Waals surface area contributed by atoms with Crippen LogP contribution in [0.3, 0.4) is 0 Å². The summed E-state index contributed by atoms with van der Waals surface area (Å²) >= 11 is 5.73. The number of hydrogen-bond donors (Lipinski definition) is 1. The van der Waals surface area contributed by atoms with Crippen LogP contribution < -0.4 is 5.32 Å². The lowest BCUT2D eigenvalue weighted by Crippen LogP contribution is -2.40. The van der Waals surface area contributed by atoms with E-state index in [2.05, 4.69) is 5.32 Å². The van der Waals surface area contributed by atoms with E-state index in [0.29, 0.717) is 13.1 Å². The molecule has 0 aliphatic heterocycles. The van der Waals surface area contributed by atoms with Gasteiger partial charge < -0.3 is 10.2 Å². The predicted molar refractivity (Wildman–Crippen MR) is 93.1 cm³/mol. The fraction of sp³-hybridized carbons (Fsp3) is 0.500. The SMILES string of the molecule is CCCCN(CCCC)C(=O)C(=O)Nc1ccc(Cl)c([N+](=O)[O-])c1. The molecule has 8 heteroatoms. The Labute approximate surface area is 146 Å². The van der Waals surface area contributed by atoms with Gasteiger partial charge in [0.1, 0.15) is 5.02 Å². The van der Waals surface area contributed by atoms with Crippen molar-refractivity contribution in [2.45, 2.75) is 39.5 Å². The van der Waals surface area contributed by atoms with Crippen molar-refractivity contribution in [3.05, 3.63) is 33.3 Å². The van der Waals surface area contributed by atoms with Crippen LogP contribution >= 0.6 is 11.6 Å². The zero-order valence-electron chi connectivity index (χ0n) is 13.9. The summed E-state index contributed by atoms with van der Waals surface area (Å²) in [6.07, 6.45) is 3.46. The van der Waals surface area contributed by atoms with E-state index >= 15 is 0 Å². The lowest BCUT2D eigenvalue weighted by molar-refractivity contribution is -0.384. The fourth-order valence-electron chi connectivity index (χ4n) is 2.07. The highest BCUT2D eigenvalue weighted by Crippen LogP contribution is 2.27. The first kappa shape index (κ1) is 19.9. The third kappa shape index (κ3) is 5.81. The minimum Gasteiger partial charge on any atom is -0.334 e. The Bertz CT molecular complexity index is 599. The first-order valence-electron chi connectivity index (χ1n) is 7.94. The van der Waals surface area contributed by atoms with Crippen molar-refractivity contribution < 1.29 is 14.5 Å². The molecule has 0 saturated carbocycles. The maximum absolute atomic E-state index is 12.3. The Morgan fingerprint density at radius 1 is 1.21 bits per heavy atom. The number of nitrogens with zero attached hydrogens (tertiary/aromatic N) is 2. The number of carbonyl (C=O) groups excluding carboxylic acids is 2. The van der Waals surface area contributed by atoms with Crippen molar-refractivity contribution in [1.82, 2.24) is 4.90 Å². The number of halogens is 1. The Kier molecular flexibility index (Phi) is 8.18. The molecule has 0 saturated heterocycles. The van der Waals surface area contributed by atoms with Crippen molar-refractivity contribution in [1.29, 1.82) is 0 Å². The molecule has 0 radical (unpaired) electrons. The average Bonchev–Trinajstić information content (AvgIpc) is 2.55. The third-order valence-electron chi connectivity index (χ3n) is 3.45. The van der Waals surface area contributed by atoms with Crippen LogP contribution in [-0.2, 0) is 9.59 Å². The molecule has 1 aromatic carbocycles. The topological polar surface area (TPSA) is 92.6 Å². The van der Waals surface area contributed by atoms with E-state index in [4.69, 9.17) is 11.6 Å². The molecular formula is C16H22ClN3O4. The summed E-state index contributed by atoms with van der Waals surface area (Å²) in [5.74, 6) is -1.44. The number of hydrogen-bond acceptors (Lipinski definition) is 4. The van der Waals surface area contributed by atoms with E-state index in [0.717, 1.165) is 31.7 Å². The second-order valence-corrected chi connectivity index (χ2v) is 5.78. The van der Waals surface area contributed by atoms with E-state index in [1.807, 2.05) is 13.8 Å². The monoisotopic (exact) mass is 355 g/mol. The normalized spacial score (nSPS) is 10.3. The Balaban J connectivity index is 2.82. The zero-order chi connectivity index (χ0) is 18.1. The average molecular weight is 356 g/mol. The molecule has 0 spiro atoms. The summed E-state index contributed by atoms with van der Waals surface area (Å²) < 4.78 is 0. The minimum absolute atomic E-state index is 0.0307. The lowest BCUT2D eigenvalue weighted by atomic mass is 10.2. The van der Waals surface area contributed by atoms with Crippen LogP contribution in [0.1, 0.15) is 39.5 Å². The molecule has 1 N–H and O–H groups in total. The maximum Gasteiger partial charge on any atom is 0.313 e. The van der Waals surface area contributed by atoms with Gasteiger partial charge in [-0.3, -0.25) is 19.7 Å². The van der Waals surface area contributed by atoms with E-state index in [-0.39, 0.29) is 16.4 Å². The second kappa shape index (κ2) is 9.87. The lowest BCUT2D eigenvalue weighted by Gasteiger charge is -2.21. The van der Waals surface area contributed by atoms with Crippen LogP contribution in [0.4, 0.5) is 11.4 Å². The van der Waals surface area contributed by atoms with Crippen molar-refractivity contribution in [2.24, 2.45) is 0 Å². The van der Waals surface area contributed by atoms with Gasteiger partial charge in [-0.25, -0.2) is 0 Å². The van der Waals surface area contributed by atoms with Crippen molar-refractivity contribution in [3.8, 4) is 0 Å². The van der Waals surface area contributed by atoms with Gasteiger partial charge in [0, 0.05) is 24.8 Å². The number of benzene rings is 1. The number of unbranched alkanes of at least 4 members (excludes halogenated alkanes) is 2. The van der Waals surface area contributed by atoms with Crippen LogP contribution in [0.15, 0.2) is 18.2 Å². The minimum atomic E-state index is -0.807. The Hall–Kier alpha value is -2.15. The predicted octanol–water partition coefficient (Wildman–Crippen LogP) is 3.62. The molecule has 0 atom stereocenters. The van der Waals surface area contributed by atoms with Gasteiger partial charge in [-0.1, -0.05) is 38.3 Å². The maximum atomic E-state index is 12.3. The van der Waals surface area contributed by atoms with Gasteiger partial charge in [-0.15, -0.1) is 0 Å². The van der Waals surface area contributed by atoms with Gasteiger partial charge in [0.15, 0.2) is 0 Å². The number of nitro benzene ring substituents is 1. The molecule has 132 valence electrons. The smallest absolute Gasteiger partial charge is 0.313 e. The highest BCUT2D eigenvalue weighted by atomic mass is 35.5. The van der Waals surface area contributed by atoms with Gasteiger partial charge in [0.25, 0.3) is 5.69 Å². The molecule has 2 amide bonds. The first-order chi connectivity index (χ1) is 11.4. The highest BCUT2D eigenvalue weighted by molar-refractivity contribution is 6.39. The molecule has 0 bridgehead atoms. The van der Waals surface area contributed by atoms with Crippen LogP contribution in [0.5, 0.6) is 0 Å². The van der Waals surface area contributed by atoms with Gasteiger partial charge in [0.05, 0.1) is 4.92 Å². The molecule has 0 aromatic heterocycles. The summed E-state index contributed by atoms with van der Waals surface area (Å²) in [6.45, 7) is 5.05. The molecule has 24 heavy (non-hydrogen) atoms. The molecule has 0 aliphatic carbocycles. The second-order valence-electron chi connectivity index (χ2n) is 5.38. The Morgan fingerprint density at radius 3 is 2.29 bits per heavy atom. The van der Waals surface area contributed by atoms with Crippen LogP contribution in [0, 0.1) is 10.1 Å². The molecule has 1 aromatic rings. The summed E-state index contributed by atoms with van der Waals surface area (Å²) in [6, 6.07) is 3.87. The van der Waals surface area contributed by atoms with Crippen LogP contribution in [-0.4, -0.2) is 34.7 Å². The number of amides is 2. The molecule has 1 rings (SSSR count). The van der Waals surface area contributed by atoms with E-state index in [1.165, 1.54) is 17.0 Å². The quantitative estimate of drug-likeness (QED) is 0.438. The summed E-state index contributed by atoms with van der Waals surface area (Å²) in [7, 11) is 0. The van der Waals surface area contributed by atoms with Crippen LogP contribution in [0.25, 0.3) is 0 Å². The van der Waals surface area contributed by atoms with Crippen LogP contribution in [0.2, 0.25) is 5.02 Å². The van der Waals surface area contributed by atoms with Gasteiger partial charge >= 0.3 is 11.8 Å². The number of rotatable bonds is 8. The largest absolute Gasteiger partial charge is 0.334 e.